The van der Waals surface area contributed by atoms with Gasteiger partial charge in [-0.25, -0.2) is 0 Å². The molecule has 0 atom stereocenters. The molecule has 0 aromatic heterocycles. The molecule has 5 rings (SSSR count). The van der Waals surface area contributed by atoms with Gasteiger partial charge in [0.25, 0.3) is 11.4 Å². The lowest BCUT2D eigenvalue weighted by molar-refractivity contribution is -0.385. The van der Waals surface area contributed by atoms with Crippen molar-refractivity contribution in [1.82, 2.24) is 0 Å². The van der Waals surface area contributed by atoms with Gasteiger partial charge >= 0.3 is 0 Å². The highest BCUT2D eigenvalue weighted by molar-refractivity contribution is 5.85. The van der Waals surface area contributed by atoms with E-state index in [-0.39, 0.29) is 26.6 Å². The van der Waals surface area contributed by atoms with Crippen LogP contribution < -0.4 is 10.6 Å². The number of hydrogen-bond acceptors (Lipinski definition) is 6. The molecule has 0 heterocycles. The fourth-order valence-electron chi connectivity index (χ4n) is 7.39. The largest absolute Gasteiger partial charge is 0.356 e. The van der Waals surface area contributed by atoms with E-state index in [9.17, 15) is 20.2 Å². The summed E-state index contributed by atoms with van der Waals surface area (Å²) in [6, 6.07) is 26.5. The summed E-state index contributed by atoms with van der Waals surface area (Å²) in [7, 11) is 0. The summed E-state index contributed by atoms with van der Waals surface area (Å²) in [4.78, 5) is 21.7. The first-order valence-corrected chi connectivity index (χ1v) is 18.2. The molecule has 258 valence electrons. The third kappa shape index (κ3) is 8.85. The molecule has 0 bridgehead atoms. The summed E-state index contributed by atoms with van der Waals surface area (Å²) in [5, 5.41) is 29.5. The quantitative estimate of drug-likeness (QED) is 0.0553. The molecule has 0 aliphatic heterocycles. The lowest BCUT2D eigenvalue weighted by Gasteiger charge is -2.33. The Morgan fingerprint density at radius 3 is 1.20 bits per heavy atom. The lowest BCUT2D eigenvalue weighted by Crippen LogP contribution is -2.26. The second-order valence-corrected chi connectivity index (χ2v) is 13.5. The molecule has 0 amide bonds. The molecule has 0 unspecified atom stereocenters. The predicted molar refractivity (Wildman–Crippen MR) is 201 cm³/mol. The van der Waals surface area contributed by atoms with E-state index in [1.807, 2.05) is 0 Å². The van der Waals surface area contributed by atoms with Crippen LogP contribution in [0.2, 0.25) is 0 Å². The number of hydrogen-bond donors (Lipinski definition) is 2. The zero-order chi connectivity index (χ0) is 34.6. The third-order valence-corrected chi connectivity index (χ3v) is 10.0. The van der Waals surface area contributed by atoms with Gasteiger partial charge < -0.3 is 10.6 Å². The average molecular weight is 663 g/mol. The van der Waals surface area contributed by atoms with Crippen LogP contribution in [0.3, 0.4) is 0 Å². The average Bonchev–Trinajstić information content (AvgIpc) is 3.36. The molecule has 8 heteroatoms. The van der Waals surface area contributed by atoms with Crippen LogP contribution in [-0.4, -0.2) is 9.85 Å². The molecule has 1 aliphatic rings. The van der Waals surface area contributed by atoms with Crippen molar-refractivity contribution in [3.8, 4) is 11.1 Å². The Kier molecular flexibility index (Phi) is 12.4. The van der Waals surface area contributed by atoms with E-state index in [4.69, 9.17) is 0 Å². The van der Waals surface area contributed by atoms with Crippen molar-refractivity contribution < 1.29 is 9.85 Å². The predicted octanol–water partition coefficient (Wildman–Crippen LogP) is 12.8. The maximum absolute atomic E-state index is 11.2. The highest BCUT2D eigenvalue weighted by Gasteiger charge is 2.42. The van der Waals surface area contributed by atoms with E-state index in [1.54, 1.807) is 24.3 Å². The fraction of sp³-hybridized carbons (Fsp3) is 0.415. The molecule has 1 aliphatic carbocycles. The minimum atomic E-state index is -0.375. The summed E-state index contributed by atoms with van der Waals surface area (Å²) in [5.74, 6) is 0. The molecule has 4 aromatic carbocycles. The van der Waals surface area contributed by atoms with Crippen molar-refractivity contribution in [1.29, 1.82) is 0 Å². The zero-order valence-corrected chi connectivity index (χ0v) is 29.0. The molecule has 49 heavy (non-hydrogen) atoms. The van der Waals surface area contributed by atoms with Crippen LogP contribution in [0, 0.1) is 20.2 Å². The number of nitro groups is 2. The Labute approximate surface area is 290 Å². The first-order chi connectivity index (χ1) is 23.8. The normalized spacial score (nSPS) is 12.7. The van der Waals surface area contributed by atoms with E-state index in [2.05, 4.69) is 60.9 Å². The number of non-ortho nitro benzene ring substituents is 2. The van der Waals surface area contributed by atoms with Crippen LogP contribution in [-0.2, 0) is 5.41 Å². The standard InChI is InChI=1S/C41H50N4O4/c1-3-5-7-9-11-13-27-41(28-14-12-10-8-6-4-2)39-29-33(42-31-15-21-35(22-16-31)44(46)47)19-25-37(39)38-26-20-34(30-40(38)41)43-32-17-23-36(24-18-32)45(48)49/h15-26,29-30,42-43H,3-14,27-28H2,1-2H3. The molecule has 0 saturated carbocycles. The van der Waals surface area contributed by atoms with Crippen LogP contribution in [0.4, 0.5) is 34.1 Å². The molecule has 2 N–H and O–H groups in total. The number of anilines is 4. The molecule has 0 spiro atoms. The van der Waals surface area contributed by atoms with Gasteiger partial charge in [0.15, 0.2) is 0 Å². The van der Waals surface area contributed by atoms with Gasteiger partial charge in [-0.05, 0) is 83.6 Å². The van der Waals surface area contributed by atoms with Gasteiger partial charge in [0, 0.05) is 52.4 Å². The molecular formula is C41H50N4O4. The van der Waals surface area contributed by atoms with Crippen molar-refractivity contribution in [3.63, 3.8) is 0 Å². The number of benzene rings is 4. The summed E-state index contributed by atoms with van der Waals surface area (Å²) in [6.45, 7) is 4.51. The molecular weight excluding hydrogens is 612 g/mol. The third-order valence-electron chi connectivity index (χ3n) is 10.0. The van der Waals surface area contributed by atoms with E-state index in [0.717, 1.165) is 48.4 Å². The van der Waals surface area contributed by atoms with Gasteiger partial charge in [-0.3, -0.25) is 20.2 Å². The van der Waals surface area contributed by atoms with E-state index < -0.39 is 0 Å². The van der Waals surface area contributed by atoms with Crippen molar-refractivity contribution in [3.05, 3.63) is 116 Å². The number of nitrogens with one attached hydrogen (secondary N) is 2. The number of nitro benzene ring substituents is 2. The van der Waals surface area contributed by atoms with Gasteiger partial charge in [-0.15, -0.1) is 0 Å². The summed E-state index contributed by atoms with van der Waals surface area (Å²) in [5.41, 5.74) is 8.80. The molecule has 0 radical (unpaired) electrons. The van der Waals surface area contributed by atoms with Crippen LogP contribution in [0.15, 0.2) is 84.9 Å². The lowest BCUT2D eigenvalue weighted by atomic mass is 9.70. The van der Waals surface area contributed by atoms with Gasteiger partial charge in [0.1, 0.15) is 0 Å². The molecule has 8 nitrogen and oxygen atoms in total. The number of fused-ring (bicyclic) bond motifs is 3. The van der Waals surface area contributed by atoms with E-state index in [0.29, 0.717) is 0 Å². The first kappa shape index (κ1) is 35.6. The minimum absolute atomic E-state index is 0.0741. The van der Waals surface area contributed by atoms with Crippen molar-refractivity contribution in [2.24, 2.45) is 0 Å². The fourth-order valence-corrected chi connectivity index (χ4v) is 7.39. The van der Waals surface area contributed by atoms with Gasteiger partial charge in [0.05, 0.1) is 9.85 Å². The Hall–Kier alpha value is -4.72. The number of unbranched alkanes of at least 4 members (excludes halogenated alkanes) is 10. The van der Waals surface area contributed by atoms with Gasteiger partial charge in [0.2, 0.25) is 0 Å². The number of nitrogens with zero attached hydrogens (tertiary/aromatic N) is 2. The zero-order valence-electron chi connectivity index (χ0n) is 29.0. The summed E-state index contributed by atoms with van der Waals surface area (Å²) in [6.07, 6.45) is 17.0. The van der Waals surface area contributed by atoms with Crippen LogP contribution >= 0.6 is 0 Å². The Morgan fingerprint density at radius 2 is 0.837 bits per heavy atom. The van der Waals surface area contributed by atoms with Gasteiger partial charge in [-0.1, -0.05) is 103 Å². The Morgan fingerprint density at radius 1 is 0.490 bits per heavy atom. The second-order valence-electron chi connectivity index (χ2n) is 13.5. The molecule has 0 saturated heterocycles. The van der Waals surface area contributed by atoms with Crippen molar-refractivity contribution in [2.45, 2.75) is 109 Å². The number of rotatable bonds is 20. The highest BCUT2D eigenvalue weighted by Crippen LogP contribution is 2.55. The Balaban J connectivity index is 1.50. The maximum atomic E-state index is 11.2. The molecule has 4 aromatic rings. The van der Waals surface area contributed by atoms with Crippen molar-refractivity contribution in [2.75, 3.05) is 10.6 Å². The van der Waals surface area contributed by atoms with Gasteiger partial charge in [-0.2, -0.15) is 0 Å². The Bertz CT molecular complexity index is 1580. The molecule has 0 fully saturated rings. The van der Waals surface area contributed by atoms with Crippen molar-refractivity contribution >= 4 is 34.1 Å². The van der Waals surface area contributed by atoms with E-state index >= 15 is 0 Å². The highest BCUT2D eigenvalue weighted by atomic mass is 16.6. The maximum Gasteiger partial charge on any atom is 0.269 e. The summed E-state index contributed by atoms with van der Waals surface area (Å²) >= 11 is 0. The van der Waals surface area contributed by atoms with Crippen LogP contribution in [0.25, 0.3) is 11.1 Å². The monoisotopic (exact) mass is 662 g/mol. The first-order valence-electron chi connectivity index (χ1n) is 18.2. The minimum Gasteiger partial charge on any atom is -0.356 e. The van der Waals surface area contributed by atoms with Crippen LogP contribution in [0.1, 0.15) is 115 Å². The smallest absolute Gasteiger partial charge is 0.269 e. The topological polar surface area (TPSA) is 110 Å². The second kappa shape index (κ2) is 17.1. The summed E-state index contributed by atoms with van der Waals surface area (Å²) < 4.78 is 0. The van der Waals surface area contributed by atoms with Crippen LogP contribution in [0.5, 0.6) is 0 Å². The SMILES string of the molecule is CCCCCCCCC1(CCCCCCCC)c2cc(Nc3ccc([N+](=O)[O-])cc3)ccc2-c2ccc(Nc3ccc([N+](=O)[O-])cc3)cc21. The van der Waals surface area contributed by atoms with E-state index in [1.165, 1.54) is 111 Å².